The van der Waals surface area contributed by atoms with Crippen LogP contribution in [0.1, 0.15) is 39.0 Å². The summed E-state index contributed by atoms with van der Waals surface area (Å²) in [6.07, 6.45) is 9.11. The minimum absolute atomic E-state index is 0. The molecule has 0 N–H and O–H groups in total. The Bertz CT molecular complexity index is 84.6. The second-order valence-corrected chi connectivity index (χ2v) is 2.93. The summed E-state index contributed by atoms with van der Waals surface area (Å²) in [5, 5.41) is 0. The Hall–Kier alpha value is 1.19. The van der Waals surface area contributed by atoms with Crippen LogP contribution in [-0.2, 0) is 32.4 Å². The van der Waals surface area contributed by atoms with Crippen molar-refractivity contribution in [2.75, 3.05) is 6.61 Å². The Labute approximate surface area is 103 Å². The zero-order valence-electron chi connectivity index (χ0n) is 7.89. The molecule has 1 aliphatic heterocycles. The fourth-order valence-corrected chi connectivity index (χ4v) is 1.30. The molecule has 0 unspecified atom stereocenters. The molecule has 0 saturated carbocycles. The standard InChI is InChI=1S/C9H17O.ClH.Hg/c1-2-3-6-9-7-4-5-8-10-9;;/h7,9H,2-6,8H2,1H3;1H;/q;;+1/p-1/t9-;;/m1../s1. The molecular weight excluding hydrogens is 360 g/mol. The van der Waals surface area contributed by atoms with E-state index in [2.05, 4.69) is 13.3 Å². The summed E-state index contributed by atoms with van der Waals surface area (Å²) < 4.78 is 5.52. The van der Waals surface area contributed by atoms with Crippen LogP contribution in [0.4, 0.5) is 0 Å². The van der Waals surface area contributed by atoms with Gasteiger partial charge in [0.15, 0.2) is 0 Å². The van der Waals surface area contributed by atoms with E-state index in [1.54, 1.807) is 0 Å². The van der Waals surface area contributed by atoms with Gasteiger partial charge in [-0.15, -0.1) is 0 Å². The average molecular weight is 377 g/mol. The molecule has 1 rings (SSSR count). The number of hydrogen-bond acceptors (Lipinski definition) is 1. The van der Waals surface area contributed by atoms with E-state index in [0.29, 0.717) is 6.10 Å². The van der Waals surface area contributed by atoms with Crippen LogP contribution in [0.3, 0.4) is 0 Å². The van der Waals surface area contributed by atoms with Gasteiger partial charge in [0.25, 0.3) is 0 Å². The monoisotopic (exact) mass is 378 g/mol. The van der Waals surface area contributed by atoms with Gasteiger partial charge >= 0.3 is 27.7 Å². The normalized spacial score (nSPS) is 22.2. The zero-order valence-corrected chi connectivity index (χ0v) is 14.1. The van der Waals surface area contributed by atoms with E-state index in [9.17, 15) is 0 Å². The predicted octanol–water partition coefficient (Wildman–Crippen LogP) is -0.439. The topological polar surface area (TPSA) is 9.23 Å². The number of ether oxygens (including phenoxy) is 1. The third-order valence-corrected chi connectivity index (χ3v) is 1.95. The van der Waals surface area contributed by atoms with Crippen molar-refractivity contribution >= 4 is 0 Å². The molecule has 0 bridgehead atoms. The van der Waals surface area contributed by atoms with E-state index in [4.69, 9.17) is 4.74 Å². The Balaban J connectivity index is 0. The molecule has 2 radical (unpaired) electrons. The van der Waals surface area contributed by atoms with Gasteiger partial charge in [-0.25, -0.2) is 0 Å². The first kappa shape index (κ1) is 15.6. The molecule has 0 aromatic carbocycles. The minimum atomic E-state index is 0. The first-order valence-corrected chi connectivity index (χ1v) is 4.38. The molecule has 0 aliphatic carbocycles. The largest absolute Gasteiger partial charge is 1.00 e. The minimum Gasteiger partial charge on any atom is -1.00 e. The van der Waals surface area contributed by atoms with Gasteiger partial charge in [-0.05, 0) is 25.7 Å². The molecule has 1 atom stereocenters. The second kappa shape index (κ2) is 10.3. The number of rotatable bonds is 3. The number of hydrogen-bond donors (Lipinski definition) is 0. The van der Waals surface area contributed by atoms with E-state index >= 15 is 0 Å². The summed E-state index contributed by atoms with van der Waals surface area (Å²) in [6.45, 7) is 3.20. The fraction of sp³-hybridized carbons (Fsp3) is 0.889. The molecule has 68 valence electrons. The van der Waals surface area contributed by atoms with E-state index < -0.39 is 0 Å². The molecule has 1 nitrogen and oxygen atoms in total. The summed E-state index contributed by atoms with van der Waals surface area (Å²) in [5.74, 6) is 0. The molecule has 1 fully saturated rings. The van der Waals surface area contributed by atoms with Crippen LogP contribution in [-0.4, -0.2) is 12.7 Å². The van der Waals surface area contributed by atoms with Crippen molar-refractivity contribution in [3.8, 4) is 0 Å². The summed E-state index contributed by atoms with van der Waals surface area (Å²) >= 11 is 0. The van der Waals surface area contributed by atoms with Gasteiger partial charge in [0.05, 0.1) is 6.10 Å². The van der Waals surface area contributed by atoms with Crippen molar-refractivity contribution in [3.05, 3.63) is 6.42 Å². The van der Waals surface area contributed by atoms with E-state index in [1.165, 1.54) is 32.1 Å². The first-order chi connectivity index (χ1) is 4.93. The van der Waals surface area contributed by atoms with Crippen LogP contribution in [0.15, 0.2) is 0 Å². The van der Waals surface area contributed by atoms with Crippen molar-refractivity contribution in [2.24, 2.45) is 0 Å². The van der Waals surface area contributed by atoms with Crippen molar-refractivity contribution in [1.82, 2.24) is 0 Å². The Morgan fingerprint density at radius 1 is 1.50 bits per heavy atom. The smallest absolute Gasteiger partial charge is 1.00 e. The van der Waals surface area contributed by atoms with Crippen molar-refractivity contribution in [1.29, 1.82) is 0 Å². The van der Waals surface area contributed by atoms with Gasteiger partial charge in [-0.1, -0.05) is 19.8 Å². The third-order valence-electron chi connectivity index (χ3n) is 1.95. The van der Waals surface area contributed by atoms with Crippen LogP contribution in [0.25, 0.3) is 0 Å². The van der Waals surface area contributed by atoms with Crippen molar-refractivity contribution < 1.29 is 44.8 Å². The molecule has 1 saturated heterocycles. The fourth-order valence-electron chi connectivity index (χ4n) is 1.30. The summed E-state index contributed by atoms with van der Waals surface area (Å²) in [4.78, 5) is 0. The number of unbranched alkanes of at least 4 members (excludes halogenated alkanes) is 1. The Morgan fingerprint density at radius 3 is 2.75 bits per heavy atom. The average Bonchev–Trinajstić information content (AvgIpc) is 2.03. The quantitative estimate of drug-likeness (QED) is 0.607. The molecule has 3 heteroatoms. The number of halogens is 1. The van der Waals surface area contributed by atoms with Crippen LogP contribution in [0, 0.1) is 6.42 Å². The van der Waals surface area contributed by atoms with E-state index in [-0.39, 0.29) is 40.1 Å². The Kier molecular flexibility index (Phi) is 13.4. The van der Waals surface area contributed by atoms with Crippen LogP contribution >= 0.6 is 0 Å². The van der Waals surface area contributed by atoms with E-state index in [0.717, 1.165) is 6.61 Å². The summed E-state index contributed by atoms with van der Waals surface area (Å²) in [7, 11) is 0. The molecule has 0 aromatic rings. The molecule has 1 heterocycles. The maximum Gasteiger partial charge on any atom is 1.00 e. The van der Waals surface area contributed by atoms with Gasteiger partial charge in [0.1, 0.15) is 0 Å². The van der Waals surface area contributed by atoms with Gasteiger partial charge in [0, 0.05) is 6.61 Å². The van der Waals surface area contributed by atoms with Gasteiger partial charge in [-0.3, -0.25) is 0 Å². The van der Waals surface area contributed by atoms with Crippen LogP contribution in [0.2, 0.25) is 0 Å². The maximum absolute atomic E-state index is 5.52. The van der Waals surface area contributed by atoms with Crippen LogP contribution in [0.5, 0.6) is 0 Å². The Morgan fingerprint density at radius 2 is 2.25 bits per heavy atom. The predicted molar refractivity (Wildman–Crippen MR) is 42.8 cm³/mol. The molecule has 0 aromatic heterocycles. The van der Waals surface area contributed by atoms with Gasteiger partial charge < -0.3 is 17.1 Å². The zero-order chi connectivity index (χ0) is 7.23. The molecular formula is C9H17ClHgO. The van der Waals surface area contributed by atoms with E-state index in [1.807, 2.05) is 0 Å². The first-order valence-electron chi connectivity index (χ1n) is 4.38. The second-order valence-electron chi connectivity index (χ2n) is 2.93. The van der Waals surface area contributed by atoms with Crippen molar-refractivity contribution in [3.63, 3.8) is 0 Å². The van der Waals surface area contributed by atoms with Gasteiger partial charge in [0.2, 0.25) is 0 Å². The maximum atomic E-state index is 5.52. The molecule has 12 heavy (non-hydrogen) atoms. The third kappa shape index (κ3) is 6.67. The molecule has 1 aliphatic rings. The SMILES string of the molecule is CCCC[C@@H]1[CH]CCCO1.[Cl-].[Hg+]. The molecule has 0 spiro atoms. The summed E-state index contributed by atoms with van der Waals surface area (Å²) in [6, 6.07) is 0. The van der Waals surface area contributed by atoms with Crippen molar-refractivity contribution in [2.45, 2.75) is 45.1 Å². The van der Waals surface area contributed by atoms with Gasteiger partial charge in [-0.2, -0.15) is 0 Å². The summed E-state index contributed by atoms with van der Waals surface area (Å²) in [5.41, 5.74) is 0. The molecule has 0 amide bonds. The van der Waals surface area contributed by atoms with Crippen LogP contribution < -0.4 is 12.4 Å².